The molecule has 1 aliphatic carbocycles. The number of unbranched alkanes of at least 4 members (excludes halogenated alkanes) is 2. The van der Waals surface area contributed by atoms with E-state index in [0.717, 1.165) is 45.1 Å². The standard InChI is InChI=1S/C15H27NO3/c1-4-5-6-10-16(11-12(2)15(18)19-3)14(17)13-8-7-9-13/h12-13H,4-11H2,1-3H3. The van der Waals surface area contributed by atoms with Gasteiger partial charge in [0, 0.05) is 19.0 Å². The molecular weight excluding hydrogens is 242 g/mol. The van der Waals surface area contributed by atoms with Crippen LogP contribution in [-0.2, 0) is 14.3 Å². The Morgan fingerprint density at radius 3 is 2.47 bits per heavy atom. The van der Waals surface area contributed by atoms with Crippen LogP contribution in [0.15, 0.2) is 0 Å². The molecule has 0 aliphatic heterocycles. The van der Waals surface area contributed by atoms with E-state index in [9.17, 15) is 9.59 Å². The first-order valence-corrected chi connectivity index (χ1v) is 7.46. The third kappa shape index (κ3) is 4.84. The molecule has 0 bridgehead atoms. The molecular formula is C15H27NO3. The van der Waals surface area contributed by atoms with E-state index in [4.69, 9.17) is 4.74 Å². The van der Waals surface area contributed by atoms with Crippen molar-refractivity contribution in [3.63, 3.8) is 0 Å². The van der Waals surface area contributed by atoms with Crippen LogP contribution in [0.25, 0.3) is 0 Å². The van der Waals surface area contributed by atoms with Gasteiger partial charge in [-0.3, -0.25) is 9.59 Å². The quantitative estimate of drug-likeness (QED) is 0.502. The molecule has 0 aromatic carbocycles. The van der Waals surface area contributed by atoms with Gasteiger partial charge in [0.05, 0.1) is 13.0 Å². The fourth-order valence-electron chi connectivity index (χ4n) is 2.36. The van der Waals surface area contributed by atoms with E-state index in [1.54, 1.807) is 0 Å². The lowest BCUT2D eigenvalue weighted by Gasteiger charge is -2.32. The van der Waals surface area contributed by atoms with Crippen molar-refractivity contribution in [2.75, 3.05) is 20.2 Å². The molecule has 0 aromatic rings. The Balaban J connectivity index is 2.52. The van der Waals surface area contributed by atoms with Gasteiger partial charge in [-0.2, -0.15) is 0 Å². The summed E-state index contributed by atoms with van der Waals surface area (Å²) in [6, 6.07) is 0. The number of carbonyl (C=O) groups excluding carboxylic acids is 2. The summed E-state index contributed by atoms with van der Waals surface area (Å²) < 4.78 is 4.74. The lowest BCUT2D eigenvalue weighted by atomic mass is 9.84. The Morgan fingerprint density at radius 2 is 2.00 bits per heavy atom. The van der Waals surface area contributed by atoms with Gasteiger partial charge < -0.3 is 9.64 Å². The predicted octanol–water partition coefficient (Wildman–Crippen LogP) is 2.61. The normalized spacial score (nSPS) is 16.6. The topological polar surface area (TPSA) is 46.6 Å². The molecule has 0 saturated heterocycles. The maximum absolute atomic E-state index is 12.3. The molecule has 0 heterocycles. The highest BCUT2D eigenvalue weighted by atomic mass is 16.5. The van der Waals surface area contributed by atoms with Gasteiger partial charge in [-0.15, -0.1) is 0 Å². The minimum absolute atomic E-state index is 0.200. The molecule has 1 atom stereocenters. The molecule has 1 saturated carbocycles. The molecule has 0 aromatic heterocycles. The molecule has 0 N–H and O–H groups in total. The van der Waals surface area contributed by atoms with Crippen molar-refractivity contribution in [3.8, 4) is 0 Å². The van der Waals surface area contributed by atoms with Crippen molar-refractivity contribution in [1.29, 1.82) is 0 Å². The second kappa shape index (κ2) is 8.18. The zero-order valence-electron chi connectivity index (χ0n) is 12.5. The van der Waals surface area contributed by atoms with E-state index in [2.05, 4.69) is 6.92 Å². The maximum Gasteiger partial charge on any atom is 0.310 e. The summed E-state index contributed by atoms with van der Waals surface area (Å²) >= 11 is 0. The van der Waals surface area contributed by atoms with Crippen LogP contribution in [0.3, 0.4) is 0 Å². The van der Waals surface area contributed by atoms with Crippen LogP contribution in [0.4, 0.5) is 0 Å². The molecule has 1 fully saturated rings. The van der Waals surface area contributed by atoms with Gasteiger partial charge in [-0.05, 0) is 19.3 Å². The number of carbonyl (C=O) groups is 2. The van der Waals surface area contributed by atoms with Crippen LogP contribution >= 0.6 is 0 Å². The summed E-state index contributed by atoms with van der Waals surface area (Å²) in [7, 11) is 1.40. The summed E-state index contributed by atoms with van der Waals surface area (Å²) in [5.41, 5.74) is 0. The molecule has 1 aliphatic rings. The number of hydrogen-bond acceptors (Lipinski definition) is 3. The Bertz CT molecular complexity index is 300. The Hall–Kier alpha value is -1.06. The second-order valence-corrected chi connectivity index (χ2v) is 5.54. The van der Waals surface area contributed by atoms with Crippen molar-refractivity contribution >= 4 is 11.9 Å². The first-order chi connectivity index (χ1) is 9.10. The highest BCUT2D eigenvalue weighted by Gasteiger charge is 2.30. The second-order valence-electron chi connectivity index (χ2n) is 5.54. The number of rotatable bonds is 8. The summed E-state index contributed by atoms with van der Waals surface area (Å²) in [5.74, 6) is -0.0397. The first kappa shape index (κ1) is 16.0. The van der Waals surface area contributed by atoms with E-state index < -0.39 is 0 Å². The molecule has 0 radical (unpaired) electrons. The third-order valence-corrected chi connectivity index (χ3v) is 3.90. The number of hydrogen-bond donors (Lipinski definition) is 0. The van der Waals surface area contributed by atoms with Crippen LogP contribution in [0.5, 0.6) is 0 Å². The Morgan fingerprint density at radius 1 is 1.32 bits per heavy atom. The molecule has 1 unspecified atom stereocenters. The van der Waals surface area contributed by atoms with E-state index in [1.165, 1.54) is 7.11 Å². The highest BCUT2D eigenvalue weighted by Crippen LogP contribution is 2.28. The monoisotopic (exact) mass is 269 g/mol. The molecule has 0 spiro atoms. The van der Waals surface area contributed by atoms with Crippen molar-refractivity contribution in [2.45, 2.75) is 52.4 Å². The zero-order chi connectivity index (χ0) is 14.3. The molecule has 4 heteroatoms. The molecule has 110 valence electrons. The number of amides is 1. The van der Waals surface area contributed by atoms with Crippen molar-refractivity contribution in [2.24, 2.45) is 11.8 Å². The van der Waals surface area contributed by atoms with Gasteiger partial charge in [0.15, 0.2) is 0 Å². The summed E-state index contributed by atoms with van der Waals surface area (Å²) in [5, 5.41) is 0. The number of ether oxygens (including phenoxy) is 1. The van der Waals surface area contributed by atoms with Gasteiger partial charge in [0.2, 0.25) is 5.91 Å². The third-order valence-electron chi connectivity index (χ3n) is 3.90. The Kier molecular flexibility index (Phi) is 6.89. The van der Waals surface area contributed by atoms with E-state index in [0.29, 0.717) is 6.54 Å². The molecule has 19 heavy (non-hydrogen) atoms. The van der Waals surface area contributed by atoms with Gasteiger partial charge in [-0.25, -0.2) is 0 Å². The number of nitrogens with zero attached hydrogens (tertiary/aromatic N) is 1. The van der Waals surface area contributed by atoms with Crippen molar-refractivity contribution < 1.29 is 14.3 Å². The van der Waals surface area contributed by atoms with Crippen LogP contribution in [-0.4, -0.2) is 37.0 Å². The van der Waals surface area contributed by atoms with Crippen LogP contribution in [0.2, 0.25) is 0 Å². The number of methoxy groups -OCH3 is 1. The largest absolute Gasteiger partial charge is 0.469 e. The maximum atomic E-state index is 12.3. The van der Waals surface area contributed by atoms with Crippen LogP contribution in [0, 0.1) is 11.8 Å². The van der Waals surface area contributed by atoms with Crippen LogP contribution in [0.1, 0.15) is 52.4 Å². The average molecular weight is 269 g/mol. The minimum Gasteiger partial charge on any atom is -0.469 e. The summed E-state index contributed by atoms with van der Waals surface area (Å²) in [6.45, 7) is 5.23. The SMILES string of the molecule is CCCCCN(CC(C)C(=O)OC)C(=O)C1CCC1. The smallest absolute Gasteiger partial charge is 0.310 e. The van der Waals surface area contributed by atoms with E-state index in [1.807, 2.05) is 11.8 Å². The lowest BCUT2D eigenvalue weighted by Crippen LogP contribution is -2.43. The lowest BCUT2D eigenvalue weighted by molar-refractivity contribution is -0.147. The van der Waals surface area contributed by atoms with Gasteiger partial charge >= 0.3 is 5.97 Å². The fourth-order valence-corrected chi connectivity index (χ4v) is 2.36. The zero-order valence-corrected chi connectivity index (χ0v) is 12.5. The highest BCUT2D eigenvalue weighted by molar-refractivity contribution is 5.80. The van der Waals surface area contributed by atoms with Crippen LogP contribution < -0.4 is 0 Å². The van der Waals surface area contributed by atoms with Gasteiger partial charge in [0.25, 0.3) is 0 Å². The van der Waals surface area contributed by atoms with E-state index >= 15 is 0 Å². The molecule has 1 rings (SSSR count). The first-order valence-electron chi connectivity index (χ1n) is 7.46. The molecule has 1 amide bonds. The summed E-state index contributed by atoms with van der Waals surface area (Å²) in [4.78, 5) is 25.7. The Labute approximate surface area is 116 Å². The fraction of sp³-hybridized carbons (Fsp3) is 0.867. The minimum atomic E-state index is -0.240. The summed E-state index contributed by atoms with van der Waals surface area (Å²) in [6.07, 6.45) is 6.46. The van der Waals surface area contributed by atoms with Crippen molar-refractivity contribution in [3.05, 3.63) is 0 Å². The average Bonchev–Trinajstić information content (AvgIpc) is 2.34. The predicted molar refractivity (Wildman–Crippen MR) is 74.6 cm³/mol. The molecule has 4 nitrogen and oxygen atoms in total. The van der Waals surface area contributed by atoms with Gasteiger partial charge in [0.1, 0.15) is 0 Å². The number of esters is 1. The van der Waals surface area contributed by atoms with Crippen molar-refractivity contribution in [1.82, 2.24) is 4.90 Å². The van der Waals surface area contributed by atoms with Gasteiger partial charge in [-0.1, -0.05) is 33.1 Å². The van der Waals surface area contributed by atoms with E-state index in [-0.39, 0.29) is 23.7 Å².